The van der Waals surface area contributed by atoms with Gasteiger partial charge in [0.25, 0.3) is 0 Å². The van der Waals surface area contributed by atoms with Gasteiger partial charge in [-0.05, 0) is 36.8 Å². The summed E-state index contributed by atoms with van der Waals surface area (Å²) in [7, 11) is 0. The molecule has 2 aromatic rings. The third kappa shape index (κ3) is 5.65. The number of carbonyl (C=O) groups is 2. The summed E-state index contributed by atoms with van der Waals surface area (Å²) in [6.07, 6.45) is 0.503. The van der Waals surface area contributed by atoms with Crippen molar-refractivity contribution in [2.45, 2.75) is 26.3 Å². The molecule has 1 aliphatic rings. The van der Waals surface area contributed by atoms with E-state index in [4.69, 9.17) is 11.6 Å². The average molecular weight is 385 g/mol. The van der Waals surface area contributed by atoms with E-state index in [2.05, 4.69) is 36.1 Å². The normalized spacial score (nSPS) is 15.0. The van der Waals surface area contributed by atoms with Gasteiger partial charge in [-0.25, -0.2) is 0 Å². The molecule has 0 saturated carbocycles. The molecule has 1 fully saturated rings. The van der Waals surface area contributed by atoms with Crippen molar-refractivity contribution < 1.29 is 9.59 Å². The fourth-order valence-electron chi connectivity index (χ4n) is 3.38. The summed E-state index contributed by atoms with van der Waals surface area (Å²) in [6, 6.07) is 15.4. The van der Waals surface area contributed by atoms with Crippen molar-refractivity contribution in [1.29, 1.82) is 0 Å². The second kappa shape index (κ2) is 9.16. The number of amides is 1. The van der Waals surface area contributed by atoms with Crippen LogP contribution in [-0.2, 0) is 11.3 Å². The fourth-order valence-corrected chi connectivity index (χ4v) is 3.51. The molecule has 0 atom stereocenters. The van der Waals surface area contributed by atoms with Crippen molar-refractivity contribution in [2.75, 3.05) is 26.2 Å². The largest absolute Gasteiger partial charge is 0.340 e. The monoisotopic (exact) mass is 384 g/mol. The van der Waals surface area contributed by atoms with Crippen molar-refractivity contribution in [3.63, 3.8) is 0 Å². The molecule has 0 spiro atoms. The van der Waals surface area contributed by atoms with Crippen molar-refractivity contribution in [3.8, 4) is 0 Å². The van der Waals surface area contributed by atoms with Gasteiger partial charge >= 0.3 is 0 Å². The van der Waals surface area contributed by atoms with Crippen LogP contribution in [0.5, 0.6) is 0 Å². The molecule has 1 amide bonds. The molecule has 0 bridgehead atoms. The number of Topliss-reactive ketones (excluding diaryl/α,β-unsaturated/α-hetero) is 1. The molecule has 0 radical (unpaired) electrons. The molecule has 0 aliphatic carbocycles. The number of benzene rings is 2. The first kappa shape index (κ1) is 19.6. The number of rotatable bonds is 6. The third-order valence-corrected chi connectivity index (χ3v) is 5.20. The van der Waals surface area contributed by atoms with Gasteiger partial charge in [-0.3, -0.25) is 14.5 Å². The Kier molecular flexibility index (Phi) is 6.64. The maximum atomic E-state index is 12.4. The van der Waals surface area contributed by atoms with Gasteiger partial charge in [0.2, 0.25) is 5.91 Å². The molecule has 3 rings (SSSR count). The second-order valence-corrected chi connectivity index (χ2v) is 7.51. The Morgan fingerprint density at radius 2 is 1.67 bits per heavy atom. The lowest BCUT2D eigenvalue weighted by molar-refractivity contribution is -0.132. The highest BCUT2D eigenvalue weighted by atomic mass is 35.5. The Bertz CT molecular complexity index is 796. The predicted molar refractivity (Wildman–Crippen MR) is 108 cm³/mol. The van der Waals surface area contributed by atoms with Crippen LogP contribution in [-0.4, -0.2) is 47.7 Å². The molecule has 0 N–H and O–H groups in total. The van der Waals surface area contributed by atoms with E-state index in [1.807, 2.05) is 4.90 Å². The van der Waals surface area contributed by atoms with Crippen LogP contribution in [0.15, 0.2) is 48.5 Å². The second-order valence-electron chi connectivity index (χ2n) is 7.08. The van der Waals surface area contributed by atoms with Crippen LogP contribution >= 0.6 is 11.6 Å². The minimum absolute atomic E-state index is 0.0156. The summed E-state index contributed by atoms with van der Waals surface area (Å²) in [5.74, 6) is 0.0469. The van der Waals surface area contributed by atoms with Crippen LogP contribution in [0.1, 0.15) is 34.3 Å². The summed E-state index contributed by atoms with van der Waals surface area (Å²) < 4.78 is 0. The fraction of sp³-hybridized carbons (Fsp3) is 0.364. The Morgan fingerprint density at radius 3 is 2.33 bits per heavy atom. The molecule has 5 heteroatoms. The van der Waals surface area contributed by atoms with Crippen LogP contribution in [0.4, 0.5) is 0 Å². The number of halogens is 1. The number of hydrogen-bond acceptors (Lipinski definition) is 3. The van der Waals surface area contributed by atoms with Gasteiger partial charge in [-0.15, -0.1) is 0 Å². The van der Waals surface area contributed by atoms with Gasteiger partial charge in [0.15, 0.2) is 5.78 Å². The number of ketones is 1. The van der Waals surface area contributed by atoms with E-state index in [0.717, 1.165) is 32.7 Å². The Hall–Kier alpha value is -2.17. The van der Waals surface area contributed by atoms with Crippen LogP contribution in [0.3, 0.4) is 0 Å². The molecular formula is C22H25ClN2O2. The van der Waals surface area contributed by atoms with E-state index in [0.29, 0.717) is 10.6 Å². The van der Waals surface area contributed by atoms with Crippen molar-refractivity contribution >= 4 is 23.3 Å². The van der Waals surface area contributed by atoms with E-state index >= 15 is 0 Å². The molecule has 1 heterocycles. The number of piperazine rings is 1. The average Bonchev–Trinajstić information content (AvgIpc) is 2.67. The van der Waals surface area contributed by atoms with Gasteiger partial charge in [-0.1, -0.05) is 41.4 Å². The van der Waals surface area contributed by atoms with E-state index in [1.54, 1.807) is 24.3 Å². The van der Waals surface area contributed by atoms with E-state index < -0.39 is 0 Å². The first-order chi connectivity index (χ1) is 13.0. The number of hydrogen-bond donors (Lipinski definition) is 0. The minimum atomic E-state index is -0.0156. The summed E-state index contributed by atoms with van der Waals surface area (Å²) in [4.78, 5) is 28.9. The molecule has 27 heavy (non-hydrogen) atoms. The number of nitrogens with zero attached hydrogens (tertiary/aromatic N) is 2. The maximum Gasteiger partial charge on any atom is 0.223 e. The lowest BCUT2D eigenvalue weighted by Gasteiger charge is -2.34. The summed E-state index contributed by atoms with van der Waals surface area (Å²) >= 11 is 5.84. The van der Waals surface area contributed by atoms with Crippen molar-refractivity contribution in [1.82, 2.24) is 9.80 Å². The molecule has 142 valence electrons. The van der Waals surface area contributed by atoms with Gasteiger partial charge in [0.05, 0.1) is 0 Å². The van der Waals surface area contributed by atoms with Crippen LogP contribution in [0.2, 0.25) is 5.02 Å². The molecule has 2 aromatic carbocycles. The molecular weight excluding hydrogens is 360 g/mol. The first-order valence-electron chi connectivity index (χ1n) is 9.36. The number of aryl methyl sites for hydroxylation is 1. The smallest absolute Gasteiger partial charge is 0.223 e. The summed E-state index contributed by atoms with van der Waals surface area (Å²) in [5, 5.41) is 0.603. The van der Waals surface area contributed by atoms with E-state index in [9.17, 15) is 9.59 Å². The molecule has 1 aliphatic heterocycles. The molecule has 4 nitrogen and oxygen atoms in total. The number of carbonyl (C=O) groups excluding carboxylic acids is 2. The summed E-state index contributed by atoms with van der Waals surface area (Å²) in [6.45, 7) is 6.19. The molecule has 0 unspecified atom stereocenters. The lowest BCUT2D eigenvalue weighted by atomic mass is 10.1. The quantitative estimate of drug-likeness (QED) is 0.708. The third-order valence-electron chi connectivity index (χ3n) is 4.95. The van der Waals surface area contributed by atoms with Gasteiger partial charge in [-0.2, -0.15) is 0 Å². The SMILES string of the molecule is Cc1cccc(CN2CCN(C(=O)CCC(=O)c3ccc(Cl)cc3)CC2)c1. The van der Waals surface area contributed by atoms with Crippen LogP contribution in [0, 0.1) is 6.92 Å². The zero-order valence-electron chi connectivity index (χ0n) is 15.7. The Morgan fingerprint density at radius 1 is 0.963 bits per heavy atom. The van der Waals surface area contributed by atoms with Crippen LogP contribution in [0.25, 0.3) is 0 Å². The van der Waals surface area contributed by atoms with Crippen molar-refractivity contribution in [2.24, 2.45) is 0 Å². The highest BCUT2D eigenvalue weighted by Crippen LogP contribution is 2.14. The zero-order valence-corrected chi connectivity index (χ0v) is 16.4. The van der Waals surface area contributed by atoms with Gasteiger partial charge in [0.1, 0.15) is 0 Å². The predicted octanol–water partition coefficient (Wildman–Crippen LogP) is 3.96. The molecule has 0 aromatic heterocycles. The van der Waals surface area contributed by atoms with Crippen molar-refractivity contribution in [3.05, 3.63) is 70.2 Å². The topological polar surface area (TPSA) is 40.6 Å². The highest BCUT2D eigenvalue weighted by Gasteiger charge is 2.21. The summed E-state index contributed by atoms with van der Waals surface area (Å²) in [5.41, 5.74) is 3.19. The highest BCUT2D eigenvalue weighted by molar-refractivity contribution is 6.30. The van der Waals surface area contributed by atoms with Crippen LogP contribution < -0.4 is 0 Å². The lowest BCUT2D eigenvalue weighted by Crippen LogP contribution is -2.48. The maximum absolute atomic E-state index is 12.4. The zero-order chi connectivity index (χ0) is 19.2. The minimum Gasteiger partial charge on any atom is -0.340 e. The standard InChI is InChI=1S/C22H25ClN2O2/c1-17-3-2-4-18(15-17)16-24-11-13-25(14-12-24)22(27)10-9-21(26)19-5-7-20(23)8-6-19/h2-8,15H,9-14,16H2,1H3. The van der Waals surface area contributed by atoms with E-state index in [-0.39, 0.29) is 24.5 Å². The first-order valence-corrected chi connectivity index (χ1v) is 9.73. The Balaban J connectivity index is 1.43. The van der Waals surface area contributed by atoms with E-state index in [1.165, 1.54) is 11.1 Å². The molecule has 1 saturated heterocycles. The van der Waals surface area contributed by atoms with Gasteiger partial charge < -0.3 is 4.90 Å². The van der Waals surface area contributed by atoms with Gasteiger partial charge in [0, 0.05) is 56.2 Å². The Labute approximate surface area is 165 Å².